The summed E-state index contributed by atoms with van der Waals surface area (Å²) in [4.78, 5) is 0. The molecule has 0 atom stereocenters. The second kappa shape index (κ2) is 4.95. The topological polar surface area (TPSA) is 12.0 Å². The normalized spacial score (nSPS) is 11.8. The zero-order valence-corrected chi connectivity index (χ0v) is 10.2. The molecule has 0 aromatic heterocycles. The summed E-state index contributed by atoms with van der Waals surface area (Å²) in [6.07, 6.45) is 0. The van der Waals surface area contributed by atoms with Gasteiger partial charge in [-0.3, -0.25) is 0 Å². The molecule has 1 aromatic rings. The smallest absolute Gasteiger partial charge is 0.123 e. The molecule has 0 aliphatic heterocycles. The van der Waals surface area contributed by atoms with Crippen LogP contribution in [0, 0.1) is 12.7 Å². The molecule has 1 rings (SSSR count). The Kier molecular flexibility index (Phi) is 4.12. The molecule has 0 aliphatic carbocycles. The Balaban J connectivity index is 2.69. The van der Waals surface area contributed by atoms with Crippen LogP contribution in [0.3, 0.4) is 0 Å². The van der Waals surface area contributed by atoms with E-state index in [0.29, 0.717) is 12.4 Å². The number of rotatable bonds is 4. The van der Waals surface area contributed by atoms with Crippen LogP contribution in [-0.2, 0) is 6.54 Å². The summed E-state index contributed by atoms with van der Waals surface area (Å²) in [5, 5.41) is 3.29. The van der Waals surface area contributed by atoms with Crippen LogP contribution in [0.15, 0.2) is 18.2 Å². The molecule has 15 heavy (non-hydrogen) atoms. The first-order chi connectivity index (χ1) is 6.94. The maximum absolute atomic E-state index is 13.0. The molecule has 3 heteroatoms. The predicted molar refractivity (Wildman–Crippen MR) is 62.8 cm³/mol. The van der Waals surface area contributed by atoms with Crippen molar-refractivity contribution in [2.75, 3.05) is 5.88 Å². The van der Waals surface area contributed by atoms with Gasteiger partial charge in [0.15, 0.2) is 0 Å². The van der Waals surface area contributed by atoms with E-state index in [2.05, 4.69) is 5.32 Å². The van der Waals surface area contributed by atoms with Gasteiger partial charge < -0.3 is 5.32 Å². The van der Waals surface area contributed by atoms with Crippen LogP contribution in [0.5, 0.6) is 0 Å². The molecular formula is C12H17ClFN. The summed E-state index contributed by atoms with van der Waals surface area (Å²) in [5.74, 6) is 0.336. The number of alkyl halides is 1. The van der Waals surface area contributed by atoms with Gasteiger partial charge in [-0.25, -0.2) is 4.39 Å². The fourth-order valence-electron chi connectivity index (χ4n) is 1.21. The first-order valence-electron chi connectivity index (χ1n) is 5.00. The van der Waals surface area contributed by atoms with Crippen molar-refractivity contribution >= 4 is 11.6 Å². The third-order valence-electron chi connectivity index (χ3n) is 2.40. The van der Waals surface area contributed by atoms with E-state index < -0.39 is 0 Å². The minimum Gasteiger partial charge on any atom is -0.307 e. The van der Waals surface area contributed by atoms with Gasteiger partial charge in [0.1, 0.15) is 5.82 Å². The molecule has 84 valence electrons. The molecule has 0 unspecified atom stereocenters. The molecule has 0 amide bonds. The largest absolute Gasteiger partial charge is 0.307 e. The van der Waals surface area contributed by atoms with Crippen LogP contribution in [-0.4, -0.2) is 11.4 Å². The van der Waals surface area contributed by atoms with Gasteiger partial charge in [0.25, 0.3) is 0 Å². The highest BCUT2D eigenvalue weighted by molar-refractivity contribution is 6.18. The number of hydrogen-bond acceptors (Lipinski definition) is 1. The number of nitrogens with one attached hydrogen (secondary N) is 1. The number of halogens is 2. The van der Waals surface area contributed by atoms with Gasteiger partial charge in [-0.1, -0.05) is 6.07 Å². The molecule has 0 fully saturated rings. The van der Waals surface area contributed by atoms with E-state index in [1.54, 1.807) is 12.1 Å². The van der Waals surface area contributed by atoms with E-state index in [1.165, 1.54) is 6.07 Å². The molecule has 1 aromatic carbocycles. The van der Waals surface area contributed by atoms with Gasteiger partial charge in [0, 0.05) is 18.0 Å². The summed E-state index contributed by atoms with van der Waals surface area (Å²) < 4.78 is 13.0. The molecule has 0 aliphatic rings. The van der Waals surface area contributed by atoms with Crippen molar-refractivity contribution < 1.29 is 4.39 Å². The summed E-state index contributed by atoms with van der Waals surface area (Å²) in [7, 11) is 0. The Labute approximate surface area is 95.6 Å². The van der Waals surface area contributed by atoms with Gasteiger partial charge >= 0.3 is 0 Å². The SMILES string of the molecule is Cc1ccc(F)cc1CNC(C)(C)CCl. The van der Waals surface area contributed by atoms with Gasteiger partial charge in [-0.2, -0.15) is 0 Å². The lowest BCUT2D eigenvalue weighted by molar-refractivity contribution is 0.428. The second-order valence-corrected chi connectivity index (χ2v) is 4.71. The molecule has 0 bridgehead atoms. The molecule has 0 heterocycles. The third kappa shape index (κ3) is 3.80. The Hall–Kier alpha value is -0.600. The van der Waals surface area contributed by atoms with Crippen LogP contribution < -0.4 is 5.32 Å². The Morgan fingerprint density at radius 2 is 2.07 bits per heavy atom. The molecule has 1 N–H and O–H groups in total. The zero-order chi connectivity index (χ0) is 11.5. The van der Waals surface area contributed by atoms with E-state index in [9.17, 15) is 4.39 Å². The van der Waals surface area contributed by atoms with Crippen molar-refractivity contribution in [3.8, 4) is 0 Å². The molecule has 0 radical (unpaired) electrons. The van der Waals surface area contributed by atoms with Crippen LogP contribution in [0.2, 0.25) is 0 Å². The minimum atomic E-state index is -0.193. The summed E-state index contributed by atoms with van der Waals surface area (Å²) >= 11 is 5.79. The summed E-state index contributed by atoms with van der Waals surface area (Å²) in [6.45, 7) is 6.66. The maximum atomic E-state index is 13.0. The predicted octanol–water partition coefficient (Wildman–Crippen LogP) is 3.24. The Bertz CT molecular complexity index is 336. The van der Waals surface area contributed by atoms with Gasteiger partial charge in [-0.15, -0.1) is 11.6 Å². The second-order valence-electron chi connectivity index (χ2n) is 4.44. The number of hydrogen-bond donors (Lipinski definition) is 1. The molecule has 1 nitrogen and oxygen atoms in total. The summed E-state index contributed by atoms with van der Waals surface area (Å²) in [6, 6.07) is 4.83. The first kappa shape index (κ1) is 12.5. The van der Waals surface area contributed by atoms with E-state index in [4.69, 9.17) is 11.6 Å². The number of aryl methyl sites for hydroxylation is 1. The van der Waals surface area contributed by atoms with Crippen LogP contribution >= 0.6 is 11.6 Å². The fourth-order valence-corrected chi connectivity index (χ4v) is 1.31. The van der Waals surface area contributed by atoms with Crippen molar-refractivity contribution in [2.24, 2.45) is 0 Å². The van der Waals surface area contributed by atoms with Crippen molar-refractivity contribution in [1.82, 2.24) is 5.32 Å². The quantitative estimate of drug-likeness (QED) is 0.782. The molecule has 0 saturated heterocycles. The lowest BCUT2D eigenvalue weighted by Crippen LogP contribution is -2.40. The van der Waals surface area contributed by atoms with E-state index in [-0.39, 0.29) is 11.4 Å². The minimum absolute atomic E-state index is 0.125. The first-order valence-corrected chi connectivity index (χ1v) is 5.54. The highest BCUT2D eigenvalue weighted by atomic mass is 35.5. The third-order valence-corrected chi connectivity index (χ3v) is 3.07. The highest BCUT2D eigenvalue weighted by Gasteiger charge is 2.15. The van der Waals surface area contributed by atoms with Gasteiger partial charge in [0.2, 0.25) is 0 Å². The van der Waals surface area contributed by atoms with E-state index in [1.807, 2.05) is 20.8 Å². The average Bonchev–Trinajstić information content (AvgIpc) is 2.20. The van der Waals surface area contributed by atoms with Gasteiger partial charge in [0.05, 0.1) is 0 Å². The zero-order valence-electron chi connectivity index (χ0n) is 9.40. The molecule has 0 spiro atoms. The van der Waals surface area contributed by atoms with Crippen LogP contribution in [0.25, 0.3) is 0 Å². The van der Waals surface area contributed by atoms with E-state index >= 15 is 0 Å². The fraction of sp³-hybridized carbons (Fsp3) is 0.500. The van der Waals surface area contributed by atoms with Crippen molar-refractivity contribution in [3.05, 3.63) is 35.1 Å². The summed E-state index contributed by atoms with van der Waals surface area (Å²) in [5.41, 5.74) is 1.95. The van der Waals surface area contributed by atoms with Crippen molar-refractivity contribution in [1.29, 1.82) is 0 Å². The lowest BCUT2D eigenvalue weighted by Gasteiger charge is -2.23. The lowest BCUT2D eigenvalue weighted by atomic mass is 10.1. The number of benzene rings is 1. The Morgan fingerprint density at radius 1 is 1.40 bits per heavy atom. The molecular weight excluding hydrogens is 213 g/mol. The maximum Gasteiger partial charge on any atom is 0.123 e. The highest BCUT2D eigenvalue weighted by Crippen LogP contribution is 2.12. The Morgan fingerprint density at radius 3 is 2.67 bits per heavy atom. The average molecular weight is 230 g/mol. The standard InChI is InChI=1S/C12H17ClFN/c1-9-4-5-11(14)6-10(9)7-15-12(2,3)8-13/h4-6,15H,7-8H2,1-3H3. The van der Waals surface area contributed by atoms with Crippen molar-refractivity contribution in [3.63, 3.8) is 0 Å². The van der Waals surface area contributed by atoms with Crippen LogP contribution in [0.4, 0.5) is 4.39 Å². The van der Waals surface area contributed by atoms with E-state index in [0.717, 1.165) is 11.1 Å². The van der Waals surface area contributed by atoms with Gasteiger partial charge in [-0.05, 0) is 44.0 Å². The monoisotopic (exact) mass is 229 g/mol. The van der Waals surface area contributed by atoms with Crippen molar-refractivity contribution in [2.45, 2.75) is 32.9 Å². The van der Waals surface area contributed by atoms with Crippen LogP contribution in [0.1, 0.15) is 25.0 Å². The molecule has 0 saturated carbocycles.